The summed E-state index contributed by atoms with van der Waals surface area (Å²) >= 11 is 0. The van der Waals surface area contributed by atoms with Crippen LogP contribution in [-0.4, -0.2) is 46.5 Å². The van der Waals surface area contributed by atoms with Crippen LogP contribution in [0.15, 0.2) is 47.4 Å². The molecule has 0 aliphatic heterocycles. The number of amides is 1. The number of aryl methyl sites for hydroxylation is 1. The highest BCUT2D eigenvalue weighted by Gasteiger charge is 2.29. The van der Waals surface area contributed by atoms with Crippen molar-refractivity contribution >= 4 is 39.2 Å². The Bertz CT molecular complexity index is 1080. The number of nitrogens with one attached hydrogen (secondary N) is 1. The van der Waals surface area contributed by atoms with Gasteiger partial charge in [-0.3, -0.25) is 13.9 Å². The summed E-state index contributed by atoms with van der Waals surface area (Å²) in [5, 5.41) is 2.56. The van der Waals surface area contributed by atoms with Crippen molar-refractivity contribution in [3.05, 3.63) is 53.6 Å². The summed E-state index contributed by atoms with van der Waals surface area (Å²) in [6.45, 7) is 4.10. The van der Waals surface area contributed by atoms with Gasteiger partial charge in [0, 0.05) is 12.6 Å². The quantitative estimate of drug-likeness (QED) is 0.616. The van der Waals surface area contributed by atoms with Crippen LogP contribution in [0.3, 0.4) is 0 Å². The molecule has 2 rings (SSSR count). The number of carbonyl (C=O) groups excluding carboxylic acids is 3. The second-order valence-electron chi connectivity index (χ2n) is 6.52. The van der Waals surface area contributed by atoms with Crippen molar-refractivity contribution in [1.82, 2.24) is 0 Å². The van der Waals surface area contributed by atoms with E-state index in [1.54, 1.807) is 19.9 Å². The molecule has 0 spiro atoms. The van der Waals surface area contributed by atoms with Crippen LogP contribution < -0.4 is 9.62 Å². The van der Waals surface area contributed by atoms with E-state index in [4.69, 9.17) is 9.47 Å². The Labute approximate surface area is 181 Å². The molecule has 0 bridgehead atoms. The first kappa shape index (κ1) is 23.9. The molecular weight excluding hydrogens is 424 g/mol. The molecular formula is C21H24N2O7S. The molecule has 0 aromatic heterocycles. The van der Waals surface area contributed by atoms with Crippen LogP contribution in [0.1, 0.15) is 29.8 Å². The number of rotatable bonds is 8. The summed E-state index contributed by atoms with van der Waals surface area (Å²) in [5.74, 6) is -1.69. The van der Waals surface area contributed by atoms with E-state index in [9.17, 15) is 22.8 Å². The monoisotopic (exact) mass is 448 g/mol. The SMILES string of the molecule is CCOC(=O)CN(c1cc(C(=O)OC)ccc1C)S(=O)(=O)c1ccc(NC(C)=O)cc1. The lowest BCUT2D eigenvalue weighted by atomic mass is 10.1. The zero-order valence-electron chi connectivity index (χ0n) is 17.7. The van der Waals surface area contributed by atoms with E-state index in [-0.39, 0.29) is 28.7 Å². The predicted molar refractivity (Wildman–Crippen MR) is 114 cm³/mol. The molecule has 0 radical (unpaired) electrons. The number of carbonyl (C=O) groups is 3. The van der Waals surface area contributed by atoms with Crippen LogP contribution in [0.4, 0.5) is 11.4 Å². The molecule has 1 N–H and O–H groups in total. The summed E-state index contributed by atoms with van der Waals surface area (Å²) in [4.78, 5) is 35.2. The topological polar surface area (TPSA) is 119 Å². The molecule has 2 aromatic carbocycles. The standard InChI is InChI=1S/C21H24N2O7S/c1-5-30-20(25)13-23(19-12-16(21(26)29-4)7-6-14(19)2)31(27,28)18-10-8-17(9-11-18)22-15(3)24/h6-12H,5,13H2,1-4H3,(H,22,24). The molecule has 1 amide bonds. The molecule has 0 saturated heterocycles. The highest BCUT2D eigenvalue weighted by Crippen LogP contribution is 2.29. The maximum atomic E-state index is 13.4. The molecule has 0 aliphatic rings. The number of esters is 2. The van der Waals surface area contributed by atoms with Crippen molar-refractivity contribution in [2.75, 3.05) is 29.9 Å². The Morgan fingerprint density at radius 1 is 1.06 bits per heavy atom. The van der Waals surface area contributed by atoms with Crippen LogP contribution >= 0.6 is 0 Å². The third kappa shape index (κ3) is 5.82. The van der Waals surface area contributed by atoms with Crippen LogP contribution in [0.2, 0.25) is 0 Å². The van der Waals surface area contributed by atoms with E-state index in [2.05, 4.69) is 5.32 Å². The molecule has 0 aliphatic carbocycles. The molecule has 0 unspecified atom stereocenters. The number of sulfonamides is 1. The minimum absolute atomic E-state index is 0.0827. The molecule has 166 valence electrons. The second kappa shape index (κ2) is 10.1. The minimum Gasteiger partial charge on any atom is -0.465 e. The van der Waals surface area contributed by atoms with Gasteiger partial charge in [0.15, 0.2) is 0 Å². The number of ether oxygens (including phenoxy) is 2. The van der Waals surface area contributed by atoms with E-state index >= 15 is 0 Å². The Balaban J connectivity index is 2.57. The molecule has 9 nitrogen and oxygen atoms in total. The molecule has 0 saturated carbocycles. The highest BCUT2D eigenvalue weighted by atomic mass is 32.2. The number of hydrogen-bond acceptors (Lipinski definition) is 7. The fraction of sp³-hybridized carbons (Fsp3) is 0.286. The van der Waals surface area contributed by atoms with Gasteiger partial charge >= 0.3 is 11.9 Å². The first-order valence-electron chi connectivity index (χ1n) is 9.35. The summed E-state index contributed by atoms with van der Waals surface area (Å²) in [6.07, 6.45) is 0. The first-order valence-corrected chi connectivity index (χ1v) is 10.8. The fourth-order valence-corrected chi connectivity index (χ4v) is 4.25. The average molecular weight is 448 g/mol. The van der Waals surface area contributed by atoms with Gasteiger partial charge < -0.3 is 14.8 Å². The van der Waals surface area contributed by atoms with E-state index in [1.165, 1.54) is 50.4 Å². The molecule has 0 atom stereocenters. The van der Waals surface area contributed by atoms with Crippen molar-refractivity contribution in [2.24, 2.45) is 0 Å². The van der Waals surface area contributed by atoms with Gasteiger partial charge in [-0.15, -0.1) is 0 Å². The minimum atomic E-state index is -4.22. The normalized spacial score (nSPS) is 10.8. The lowest BCUT2D eigenvalue weighted by molar-refractivity contribution is -0.141. The average Bonchev–Trinajstić information content (AvgIpc) is 2.72. The van der Waals surface area contributed by atoms with Crippen molar-refractivity contribution in [2.45, 2.75) is 25.7 Å². The van der Waals surface area contributed by atoms with E-state index in [0.29, 0.717) is 11.3 Å². The summed E-state index contributed by atoms with van der Waals surface area (Å²) in [5.41, 5.74) is 1.22. The maximum absolute atomic E-state index is 13.4. The molecule has 10 heteroatoms. The van der Waals surface area contributed by atoms with Gasteiger partial charge in [-0.1, -0.05) is 6.07 Å². The number of hydrogen-bond donors (Lipinski definition) is 1. The number of nitrogens with zero attached hydrogens (tertiary/aromatic N) is 1. The maximum Gasteiger partial charge on any atom is 0.337 e. The van der Waals surface area contributed by atoms with Gasteiger partial charge in [-0.05, 0) is 55.8 Å². The smallest absolute Gasteiger partial charge is 0.337 e. The Hall–Kier alpha value is -3.40. The van der Waals surface area contributed by atoms with Gasteiger partial charge in [0.25, 0.3) is 10.0 Å². The van der Waals surface area contributed by atoms with E-state index < -0.39 is 28.5 Å². The van der Waals surface area contributed by atoms with Gasteiger partial charge in [0.2, 0.25) is 5.91 Å². The zero-order chi connectivity index (χ0) is 23.2. The first-order chi connectivity index (χ1) is 14.6. The van der Waals surface area contributed by atoms with Crippen LogP contribution in [0, 0.1) is 6.92 Å². The van der Waals surface area contributed by atoms with Crippen molar-refractivity contribution in [1.29, 1.82) is 0 Å². The van der Waals surface area contributed by atoms with Crippen molar-refractivity contribution in [3.63, 3.8) is 0 Å². The fourth-order valence-electron chi connectivity index (χ4n) is 2.79. The van der Waals surface area contributed by atoms with Crippen LogP contribution in [0.5, 0.6) is 0 Å². The number of benzene rings is 2. The summed E-state index contributed by atoms with van der Waals surface area (Å²) in [7, 11) is -3.00. The summed E-state index contributed by atoms with van der Waals surface area (Å²) in [6, 6.07) is 9.93. The third-order valence-corrected chi connectivity index (χ3v) is 6.01. The Kier molecular flexibility index (Phi) is 7.76. The van der Waals surface area contributed by atoms with E-state index in [1.807, 2.05) is 0 Å². The van der Waals surface area contributed by atoms with Crippen LogP contribution in [-0.2, 0) is 29.1 Å². The molecule has 2 aromatic rings. The van der Waals surface area contributed by atoms with Crippen molar-refractivity contribution in [3.8, 4) is 0 Å². The Morgan fingerprint density at radius 3 is 2.26 bits per heavy atom. The van der Waals surface area contributed by atoms with Gasteiger partial charge in [-0.2, -0.15) is 0 Å². The lowest BCUT2D eigenvalue weighted by Gasteiger charge is -2.25. The predicted octanol–water partition coefficient (Wildman–Crippen LogP) is 2.50. The second-order valence-corrected chi connectivity index (χ2v) is 8.38. The van der Waals surface area contributed by atoms with Crippen molar-refractivity contribution < 1.29 is 32.3 Å². The third-order valence-electron chi connectivity index (χ3n) is 4.24. The van der Waals surface area contributed by atoms with E-state index in [0.717, 1.165) is 4.31 Å². The zero-order valence-corrected chi connectivity index (χ0v) is 18.5. The lowest BCUT2D eigenvalue weighted by Crippen LogP contribution is -2.37. The van der Waals surface area contributed by atoms with Gasteiger partial charge in [-0.25, -0.2) is 13.2 Å². The number of anilines is 2. The molecule has 0 heterocycles. The van der Waals surface area contributed by atoms with Gasteiger partial charge in [0.05, 0.1) is 29.9 Å². The highest BCUT2D eigenvalue weighted by molar-refractivity contribution is 7.92. The van der Waals surface area contributed by atoms with Gasteiger partial charge in [0.1, 0.15) is 6.54 Å². The summed E-state index contributed by atoms with van der Waals surface area (Å²) < 4.78 is 37.4. The van der Waals surface area contributed by atoms with Crippen LogP contribution in [0.25, 0.3) is 0 Å². The molecule has 31 heavy (non-hydrogen) atoms. The number of methoxy groups -OCH3 is 1. The largest absolute Gasteiger partial charge is 0.465 e. The Morgan fingerprint density at radius 2 is 1.71 bits per heavy atom. The molecule has 0 fully saturated rings.